The van der Waals surface area contributed by atoms with Crippen molar-refractivity contribution in [2.75, 3.05) is 5.32 Å². The van der Waals surface area contributed by atoms with Gasteiger partial charge in [-0.2, -0.15) is 8.78 Å². The first-order valence-electron chi connectivity index (χ1n) is 3.53. The predicted octanol–water partition coefficient (Wildman–Crippen LogP) is 3.38. The number of amides is 1. The maximum atomic E-state index is 12.4. The zero-order valence-electron chi connectivity index (χ0n) is 6.73. The highest BCUT2D eigenvalue weighted by atomic mass is 79.9. The van der Waals surface area contributed by atoms with Crippen molar-refractivity contribution in [2.24, 2.45) is 0 Å². The predicted molar refractivity (Wildman–Crippen MR) is 56.6 cm³/mol. The molecular weight excluding hydrogens is 324 g/mol. The number of rotatable bonds is 2. The molecule has 0 aliphatic carbocycles. The molecule has 1 N–H and O–H groups in total. The molecule has 1 aromatic rings. The van der Waals surface area contributed by atoms with Gasteiger partial charge in [0.05, 0.1) is 0 Å². The third-order valence-corrected chi connectivity index (χ3v) is 2.25. The molecule has 2 nitrogen and oxygen atoms in total. The maximum absolute atomic E-state index is 12.4. The number of alkyl halides is 3. The van der Waals surface area contributed by atoms with Crippen molar-refractivity contribution in [2.45, 2.75) is 4.83 Å². The van der Waals surface area contributed by atoms with Gasteiger partial charge in [0.2, 0.25) is 0 Å². The molecule has 0 atom stereocenters. The van der Waals surface area contributed by atoms with E-state index in [0.717, 1.165) is 4.47 Å². The van der Waals surface area contributed by atoms with E-state index >= 15 is 0 Å². The minimum atomic E-state index is -3.54. The molecule has 14 heavy (non-hydrogen) atoms. The summed E-state index contributed by atoms with van der Waals surface area (Å²) >= 11 is 5.14. The molecule has 76 valence electrons. The van der Waals surface area contributed by atoms with E-state index in [-0.39, 0.29) is 0 Å². The highest BCUT2D eigenvalue weighted by molar-refractivity contribution is 9.10. The Morgan fingerprint density at radius 1 is 1.29 bits per heavy atom. The summed E-state index contributed by atoms with van der Waals surface area (Å²) in [5.41, 5.74) is 0.317. The van der Waals surface area contributed by atoms with Gasteiger partial charge in [0.1, 0.15) is 0 Å². The van der Waals surface area contributed by atoms with Gasteiger partial charge in [-0.3, -0.25) is 4.79 Å². The van der Waals surface area contributed by atoms with E-state index in [1.807, 2.05) is 15.9 Å². The zero-order valence-corrected chi connectivity index (χ0v) is 9.90. The summed E-state index contributed by atoms with van der Waals surface area (Å²) in [6, 6.07) is 6.31. The lowest BCUT2D eigenvalue weighted by Gasteiger charge is -2.08. The van der Waals surface area contributed by atoms with Crippen molar-refractivity contribution in [3.63, 3.8) is 0 Å². The van der Waals surface area contributed by atoms with Gasteiger partial charge in [-0.05, 0) is 24.3 Å². The number of anilines is 1. The fourth-order valence-corrected chi connectivity index (χ4v) is 1.10. The SMILES string of the molecule is O=C(Nc1ccc(Br)cc1)C(F)(F)Br. The van der Waals surface area contributed by atoms with Crippen LogP contribution in [0.15, 0.2) is 28.7 Å². The Labute approximate surface area is 95.9 Å². The molecule has 6 heteroatoms. The Morgan fingerprint density at radius 2 is 1.79 bits per heavy atom. The first kappa shape index (κ1) is 11.6. The molecule has 0 aliphatic rings. The molecule has 1 aromatic carbocycles. The summed E-state index contributed by atoms with van der Waals surface area (Å²) in [5, 5.41) is 2.05. The summed E-state index contributed by atoms with van der Waals surface area (Å²) in [7, 11) is 0. The van der Waals surface area contributed by atoms with E-state index in [2.05, 4.69) is 21.2 Å². The van der Waals surface area contributed by atoms with Crippen LogP contribution in [0.2, 0.25) is 0 Å². The molecule has 0 bridgehead atoms. The third-order valence-electron chi connectivity index (χ3n) is 1.36. The molecule has 0 aromatic heterocycles. The lowest BCUT2D eigenvalue weighted by atomic mass is 10.3. The van der Waals surface area contributed by atoms with Crippen LogP contribution in [0.25, 0.3) is 0 Å². The number of carbonyl (C=O) groups excluding carboxylic acids is 1. The highest BCUT2D eigenvalue weighted by Gasteiger charge is 2.34. The monoisotopic (exact) mass is 327 g/mol. The van der Waals surface area contributed by atoms with Gasteiger partial charge in [-0.1, -0.05) is 15.9 Å². The number of carbonyl (C=O) groups is 1. The average molecular weight is 329 g/mol. The normalized spacial score (nSPS) is 11.1. The summed E-state index contributed by atoms with van der Waals surface area (Å²) in [4.78, 5) is 7.26. The van der Waals surface area contributed by atoms with Gasteiger partial charge in [0, 0.05) is 26.1 Å². The van der Waals surface area contributed by atoms with E-state index in [4.69, 9.17) is 0 Å². The first-order valence-corrected chi connectivity index (χ1v) is 5.12. The lowest BCUT2D eigenvalue weighted by molar-refractivity contribution is -0.128. The van der Waals surface area contributed by atoms with Crippen molar-refractivity contribution >= 4 is 43.5 Å². The van der Waals surface area contributed by atoms with E-state index in [1.165, 1.54) is 12.1 Å². The molecule has 0 saturated heterocycles. The number of nitrogens with one attached hydrogen (secondary N) is 1. The Morgan fingerprint density at radius 3 is 2.21 bits per heavy atom. The second kappa shape index (κ2) is 4.35. The summed E-state index contributed by atoms with van der Waals surface area (Å²) in [6.07, 6.45) is 0. The van der Waals surface area contributed by atoms with E-state index in [1.54, 1.807) is 12.1 Å². The molecule has 1 amide bonds. The lowest BCUT2D eigenvalue weighted by Crippen LogP contribution is -2.28. The molecule has 0 heterocycles. The van der Waals surface area contributed by atoms with Crippen molar-refractivity contribution < 1.29 is 13.6 Å². The fraction of sp³-hybridized carbons (Fsp3) is 0.125. The molecule has 0 spiro atoms. The van der Waals surface area contributed by atoms with Crippen LogP contribution in [0.3, 0.4) is 0 Å². The van der Waals surface area contributed by atoms with Crippen LogP contribution in [-0.2, 0) is 4.79 Å². The van der Waals surface area contributed by atoms with Crippen LogP contribution in [0, 0.1) is 0 Å². The molecule has 0 saturated carbocycles. The molecule has 0 aliphatic heterocycles. The van der Waals surface area contributed by atoms with E-state index in [0.29, 0.717) is 5.69 Å². The second-order valence-corrected chi connectivity index (χ2v) is 4.37. The maximum Gasteiger partial charge on any atom is 0.378 e. The fourth-order valence-electron chi connectivity index (χ4n) is 0.735. The van der Waals surface area contributed by atoms with Gasteiger partial charge >= 0.3 is 10.7 Å². The van der Waals surface area contributed by atoms with Crippen LogP contribution in [0.4, 0.5) is 14.5 Å². The molecule has 0 unspecified atom stereocenters. The number of hydrogen-bond donors (Lipinski definition) is 1. The van der Waals surface area contributed by atoms with Crippen LogP contribution < -0.4 is 5.32 Å². The molecule has 0 radical (unpaired) electrons. The number of hydrogen-bond acceptors (Lipinski definition) is 1. The van der Waals surface area contributed by atoms with Crippen LogP contribution in [0.1, 0.15) is 0 Å². The van der Waals surface area contributed by atoms with Gasteiger partial charge < -0.3 is 5.32 Å². The standard InChI is InChI=1S/C8H5Br2F2NO/c9-5-1-3-6(4-2-5)13-7(14)8(10,11)12/h1-4H,(H,13,14). The number of benzene rings is 1. The van der Waals surface area contributed by atoms with Crippen molar-refractivity contribution in [1.29, 1.82) is 0 Å². The van der Waals surface area contributed by atoms with Crippen molar-refractivity contribution in [3.05, 3.63) is 28.7 Å². The minimum absolute atomic E-state index is 0.317. The molecule has 1 rings (SSSR count). The summed E-state index contributed by atoms with van der Waals surface area (Å²) < 4.78 is 25.6. The van der Waals surface area contributed by atoms with E-state index < -0.39 is 10.7 Å². The van der Waals surface area contributed by atoms with Gasteiger partial charge in [-0.15, -0.1) is 0 Å². The second-order valence-electron chi connectivity index (χ2n) is 2.46. The largest absolute Gasteiger partial charge is 0.378 e. The minimum Gasteiger partial charge on any atom is -0.320 e. The topological polar surface area (TPSA) is 29.1 Å². The first-order chi connectivity index (χ1) is 6.39. The smallest absolute Gasteiger partial charge is 0.320 e. The summed E-state index contributed by atoms with van der Waals surface area (Å²) in [6.45, 7) is 0. The Kier molecular flexibility index (Phi) is 3.60. The van der Waals surface area contributed by atoms with Crippen LogP contribution in [-0.4, -0.2) is 10.7 Å². The molecular formula is C8H5Br2F2NO. The van der Waals surface area contributed by atoms with Crippen molar-refractivity contribution in [1.82, 2.24) is 0 Å². The Hall–Kier alpha value is -0.490. The summed E-state index contributed by atoms with van der Waals surface area (Å²) in [5.74, 6) is -1.39. The molecule has 0 fully saturated rings. The van der Waals surface area contributed by atoms with Crippen LogP contribution in [0.5, 0.6) is 0 Å². The van der Waals surface area contributed by atoms with Gasteiger partial charge in [0.25, 0.3) is 0 Å². The number of halogens is 4. The third kappa shape index (κ3) is 3.34. The van der Waals surface area contributed by atoms with Crippen LogP contribution >= 0.6 is 31.9 Å². The average Bonchev–Trinajstić information content (AvgIpc) is 2.07. The highest BCUT2D eigenvalue weighted by Crippen LogP contribution is 2.24. The Balaban J connectivity index is 2.71. The van der Waals surface area contributed by atoms with Crippen molar-refractivity contribution in [3.8, 4) is 0 Å². The quantitative estimate of drug-likeness (QED) is 0.828. The van der Waals surface area contributed by atoms with Gasteiger partial charge in [-0.25, -0.2) is 0 Å². The van der Waals surface area contributed by atoms with Gasteiger partial charge in [0.15, 0.2) is 0 Å². The Bertz CT molecular complexity index is 334. The van der Waals surface area contributed by atoms with E-state index in [9.17, 15) is 13.6 Å². The zero-order chi connectivity index (χ0) is 10.8.